The van der Waals surface area contributed by atoms with Crippen molar-refractivity contribution in [1.29, 1.82) is 0 Å². The molecule has 2 N–H and O–H groups in total. The average Bonchev–Trinajstić information content (AvgIpc) is 2.91. The Kier molecular flexibility index (Phi) is 6.37. The van der Waals surface area contributed by atoms with Crippen molar-refractivity contribution in [3.63, 3.8) is 0 Å². The van der Waals surface area contributed by atoms with Gasteiger partial charge in [0.15, 0.2) is 0 Å². The van der Waals surface area contributed by atoms with Gasteiger partial charge in [-0.1, -0.05) is 38.1 Å². The Hall–Kier alpha value is -1.65. The summed E-state index contributed by atoms with van der Waals surface area (Å²) in [5.74, 6) is 1.03. The number of aryl methyl sites for hydroxylation is 3. The lowest BCUT2D eigenvalue weighted by Crippen LogP contribution is -2.37. The van der Waals surface area contributed by atoms with Gasteiger partial charge < -0.3 is 10.1 Å². The SMILES string of the molecule is CCc1nc(CN(Cc2ccccc2C)[C@H](CC)CO)c(C)[nH]1. The van der Waals surface area contributed by atoms with E-state index in [2.05, 4.69) is 61.8 Å². The van der Waals surface area contributed by atoms with Crippen LogP contribution >= 0.6 is 0 Å². The zero-order chi connectivity index (χ0) is 16.8. The van der Waals surface area contributed by atoms with Crippen LogP contribution < -0.4 is 0 Å². The molecule has 0 bridgehead atoms. The van der Waals surface area contributed by atoms with Gasteiger partial charge in [-0.05, 0) is 31.4 Å². The average molecular weight is 315 g/mol. The Balaban J connectivity index is 2.23. The zero-order valence-electron chi connectivity index (χ0n) is 14.8. The van der Waals surface area contributed by atoms with Gasteiger partial charge in [-0.15, -0.1) is 0 Å². The van der Waals surface area contributed by atoms with E-state index in [1.165, 1.54) is 11.1 Å². The molecule has 0 amide bonds. The third kappa shape index (κ3) is 4.43. The largest absolute Gasteiger partial charge is 0.395 e. The van der Waals surface area contributed by atoms with Crippen LogP contribution in [-0.4, -0.2) is 32.6 Å². The number of H-pyrrole nitrogens is 1. The summed E-state index contributed by atoms with van der Waals surface area (Å²) in [4.78, 5) is 10.4. The molecular formula is C19H29N3O. The number of nitrogens with one attached hydrogen (secondary N) is 1. The molecule has 0 spiro atoms. The van der Waals surface area contributed by atoms with E-state index in [0.29, 0.717) is 0 Å². The monoisotopic (exact) mass is 315 g/mol. The highest BCUT2D eigenvalue weighted by Gasteiger charge is 2.20. The van der Waals surface area contributed by atoms with Crippen LogP contribution in [0.25, 0.3) is 0 Å². The number of hydrogen-bond acceptors (Lipinski definition) is 3. The van der Waals surface area contributed by atoms with Crippen molar-refractivity contribution in [3.05, 3.63) is 52.6 Å². The summed E-state index contributed by atoms with van der Waals surface area (Å²) in [5, 5.41) is 9.77. The Morgan fingerprint density at radius 2 is 1.91 bits per heavy atom. The van der Waals surface area contributed by atoms with Crippen LogP contribution in [0, 0.1) is 13.8 Å². The van der Waals surface area contributed by atoms with Crippen LogP contribution in [0.5, 0.6) is 0 Å². The van der Waals surface area contributed by atoms with Gasteiger partial charge in [0.2, 0.25) is 0 Å². The summed E-state index contributed by atoms with van der Waals surface area (Å²) < 4.78 is 0. The minimum Gasteiger partial charge on any atom is -0.395 e. The summed E-state index contributed by atoms with van der Waals surface area (Å²) in [7, 11) is 0. The van der Waals surface area contributed by atoms with Gasteiger partial charge in [0, 0.05) is 31.2 Å². The second-order valence-electron chi connectivity index (χ2n) is 6.18. The lowest BCUT2D eigenvalue weighted by molar-refractivity contribution is 0.105. The van der Waals surface area contributed by atoms with Crippen molar-refractivity contribution in [3.8, 4) is 0 Å². The molecule has 2 rings (SSSR count). The van der Waals surface area contributed by atoms with Crippen LogP contribution in [-0.2, 0) is 19.5 Å². The van der Waals surface area contributed by atoms with E-state index in [0.717, 1.165) is 43.1 Å². The first-order valence-corrected chi connectivity index (χ1v) is 8.52. The molecular weight excluding hydrogens is 286 g/mol. The fraction of sp³-hybridized carbons (Fsp3) is 0.526. The number of aromatic nitrogens is 2. The topological polar surface area (TPSA) is 52.1 Å². The molecule has 126 valence electrons. The molecule has 0 aliphatic rings. The van der Waals surface area contributed by atoms with Crippen molar-refractivity contribution >= 4 is 0 Å². The molecule has 2 aromatic rings. The fourth-order valence-corrected chi connectivity index (χ4v) is 2.90. The number of aliphatic hydroxyl groups is 1. The summed E-state index contributed by atoms with van der Waals surface area (Å²) in [6.07, 6.45) is 1.84. The molecule has 4 nitrogen and oxygen atoms in total. The van der Waals surface area contributed by atoms with Crippen molar-refractivity contribution in [2.24, 2.45) is 0 Å². The first-order valence-electron chi connectivity index (χ1n) is 8.52. The first-order chi connectivity index (χ1) is 11.1. The highest BCUT2D eigenvalue weighted by atomic mass is 16.3. The smallest absolute Gasteiger partial charge is 0.106 e. The predicted molar refractivity (Wildman–Crippen MR) is 94.3 cm³/mol. The molecule has 0 fully saturated rings. The molecule has 23 heavy (non-hydrogen) atoms. The van der Waals surface area contributed by atoms with Gasteiger partial charge in [0.05, 0.1) is 12.3 Å². The van der Waals surface area contributed by atoms with Crippen LogP contribution in [0.2, 0.25) is 0 Å². The number of benzene rings is 1. The van der Waals surface area contributed by atoms with Gasteiger partial charge >= 0.3 is 0 Å². The first kappa shape index (κ1) is 17.7. The van der Waals surface area contributed by atoms with Crippen LogP contribution in [0.4, 0.5) is 0 Å². The van der Waals surface area contributed by atoms with Crippen molar-refractivity contribution < 1.29 is 5.11 Å². The molecule has 0 saturated heterocycles. The van der Waals surface area contributed by atoms with E-state index in [9.17, 15) is 5.11 Å². The van der Waals surface area contributed by atoms with E-state index in [-0.39, 0.29) is 12.6 Å². The Labute approximate surface area is 139 Å². The van der Waals surface area contributed by atoms with E-state index in [4.69, 9.17) is 4.98 Å². The highest BCUT2D eigenvalue weighted by Crippen LogP contribution is 2.18. The maximum atomic E-state index is 9.77. The molecule has 1 aromatic carbocycles. The zero-order valence-corrected chi connectivity index (χ0v) is 14.8. The maximum Gasteiger partial charge on any atom is 0.106 e. The molecule has 0 radical (unpaired) electrons. The normalized spacial score (nSPS) is 12.8. The summed E-state index contributed by atoms with van der Waals surface area (Å²) >= 11 is 0. The Morgan fingerprint density at radius 3 is 2.48 bits per heavy atom. The molecule has 1 heterocycles. The van der Waals surface area contributed by atoms with E-state index >= 15 is 0 Å². The van der Waals surface area contributed by atoms with Crippen molar-refractivity contribution in [1.82, 2.24) is 14.9 Å². The van der Waals surface area contributed by atoms with Gasteiger partial charge in [0.1, 0.15) is 5.82 Å². The van der Waals surface area contributed by atoms with E-state index < -0.39 is 0 Å². The van der Waals surface area contributed by atoms with Crippen LogP contribution in [0.15, 0.2) is 24.3 Å². The summed E-state index contributed by atoms with van der Waals surface area (Å²) in [6, 6.07) is 8.60. The third-order valence-corrected chi connectivity index (χ3v) is 4.56. The molecule has 0 saturated carbocycles. The molecule has 1 aromatic heterocycles. The molecule has 1 atom stereocenters. The molecule has 0 aliphatic heterocycles. The minimum atomic E-state index is 0.149. The summed E-state index contributed by atoms with van der Waals surface area (Å²) in [6.45, 7) is 10.2. The molecule has 0 aliphatic carbocycles. The van der Waals surface area contributed by atoms with Gasteiger partial charge in [-0.25, -0.2) is 4.98 Å². The lowest BCUT2D eigenvalue weighted by Gasteiger charge is -2.30. The third-order valence-electron chi connectivity index (χ3n) is 4.56. The second kappa shape index (κ2) is 8.27. The fourth-order valence-electron chi connectivity index (χ4n) is 2.90. The number of rotatable bonds is 8. The maximum absolute atomic E-state index is 9.77. The predicted octanol–water partition coefficient (Wildman–Crippen LogP) is 3.36. The van der Waals surface area contributed by atoms with Crippen LogP contribution in [0.3, 0.4) is 0 Å². The lowest BCUT2D eigenvalue weighted by atomic mass is 10.1. The van der Waals surface area contributed by atoms with Gasteiger partial charge in [-0.3, -0.25) is 4.90 Å². The standard InChI is InChI=1S/C19H29N3O/c1-5-17(13-23)22(11-16-10-8-7-9-14(16)3)12-18-15(4)20-19(6-2)21-18/h7-10,17,23H,5-6,11-13H2,1-4H3,(H,20,21)/t17-/m1/s1. The number of hydrogen-bond donors (Lipinski definition) is 2. The minimum absolute atomic E-state index is 0.149. The van der Waals surface area contributed by atoms with Crippen molar-refractivity contribution in [2.75, 3.05) is 6.61 Å². The van der Waals surface area contributed by atoms with E-state index in [1.807, 2.05) is 0 Å². The Bertz CT molecular complexity index is 617. The van der Waals surface area contributed by atoms with Crippen molar-refractivity contribution in [2.45, 2.75) is 59.7 Å². The highest BCUT2D eigenvalue weighted by molar-refractivity contribution is 5.25. The molecule has 0 unspecified atom stereocenters. The number of aliphatic hydroxyl groups excluding tert-OH is 1. The van der Waals surface area contributed by atoms with E-state index in [1.54, 1.807) is 0 Å². The quantitative estimate of drug-likeness (QED) is 0.785. The van der Waals surface area contributed by atoms with Gasteiger partial charge in [0.25, 0.3) is 0 Å². The number of imidazole rings is 1. The Morgan fingerprint density at radius 1 is 1.17 bits per heavy atom. The number of nitrogens with zero attached hydrogens (tertiary/aromatic N) is 2. The van der Waals surface area contributed by atoms with Gasteiger partial charge in [-0.2, -0.15) is 0 Å². The summed E-state index contributed by atoms with van der Waals surface area (Å²) in [5.41, 5.74) is 4.81. The van der Waals surface area contributed by atoms with Crippen LogP contribution in [0.1, 0.15) is 48.6 Å². The molecule has 4 heteroatoms. The second-order valence-corrected chi connectivity index (χ2v) is 6.18. The number of aromatic amines is 1.